The minimum atomic E-state index is -0.992. The van der Waals surface area contributed by atoms with Gasteiger partial charge in [-0.25, -0.2) is 9.78 Å². The Hall–Kier alpha value is -3.20. The van der Waals surface area contributed by atoms with Crippen LogP contribution in [0.25, 0.3) is 5.76 Å². The maximum absolute atomic E-state index is 13.2. The summed E-state index contributed by atoms with van der Waals surface area (Å²) >= 11 is 12.9. The smallest absolute Gasteiger partial charge is 0.350 e. The molecule has 1 aliphatic rings. The number of Topliss-reactive ketones (excluding diaryl/α,β-unsaturated/α-hetero) is 1. The van der Waals surface area contributed by atoms with Gasteiger partial charge in [0.05, 0.1) is 24.4 Å². The first-order valence-electron chi connectivity index (χ1n) is 9.61. The summed E-state index contributed by atoms with van der Waals surface area (Å²) < 4.78 is 4.78. The second-order valence-corrected chi connectivity index (χ2v) is 8.98. The fraction of sp³-hybridized carbons (Fsp3) is 0.130. The van der Waals surface area contributed by atoms with E-state index >= 15 is 0 Å². The Kier molecular flexibility index (Phi) is 6.25. The van der Waals surface area contributed by atoms with E-state index in [4.69, 9.17) is 27.9 Å². The van der Waals surface area contributed by atoms with E-state index in [1.807, 2.05) is 0 Å². The molecule has 2 heterocycles. The number of carbonyl (C=O) groups excluding carboxylic acids is 3. The zero-order valence-electron chi connectivity index (χ0n) is 17.3. The molecule has 10 heteroatoms. The molecule has 3 aromatic rings. The molecule has 1 aromatic heterocycles. The van der Waals surface area contributed by atoms with Gasteiger partial charge in [0.1, 0.15) is 10.6 Å². The first-order valence-corrected chi connectivity index (χ1v) is 11.2. The summed E-state index contributed by atoms with van der Waals surface area (Å²) in [6.07, 6.45) is 0. The van der Waals surface area contributed by atoms with Crippen molar-refractivity contribution in [2.75, 3.05) is 12.0 Å². The van der Waals surface area contributed by atoms with Crippen molar-refractivity contribution >= 4 is 63.1 Å². The SMILES string of the molecule is COC(=O)c1sc(N2C(=O)C(=O)/C(=C(\O)c3ccc(Cl)cc3)C2c2ccc(Cl)cc2)nc1C. The van der Waals surface area contributed by atoms with Crippen molar-refractivity contribution in [1.29, 1.82) is 0 Å². The van der Waals surface area contributed by atoms with E-state index in [1.54, 1.807) is 55.5 Å². The first-order chi connectivity index (χ1) is 15.7. The summed E-state index contributed by atoms with van der Waals surface area (Å²) in [7, 11) is 1.24. The number of ketones is 1. The predicted molar refractivity (Wildman–Crippen MR) is 126 cm³/mol. The normalized spacial score (nSPS) is 17.5. The van der Waals surface area contributed by atoms with Gasteiger partial charge in [0.15, 0.2) is 5.13 Å². The lowest BCUT2D eigenvalue weighted by molar-refractivity contribution is -0.132. The first kappa shape index (κ1) is 23.0. The summed E-state index contributed by atoms with van der Waals surface area (Å²) in [5.41, 5.74) is 1.09. The van der Waals surface area contributed by atoms with Crippen molar-refractivity contribution in [1.82, 2.24) is 4.98 Å². The van der Waals surface area contributed by atoms with Gasteiger partial charge < -0.3 is 9.84 Å². The van der Waals surface area contributed by atoms with E-state index in [-0.39, 0.29) is 21.3 Å². The second kappa shape index (κ2) is 8.97. The number of anilines is 1. The number of carbonyl (C=O) groups is 3. The van der Waals surface area contributed by atoms with Gasteiger partial charge in [0.2, 0.25) is 0 Å². The van der Waals surface area contributed by atoms with Crippen molar-refractivity contribution in [3.05, 3.63) is 85.8 Å². The topological polar surface area (TPSA) is 96.8 Å². The summed E-state index contributed by atoms with van der Waals surface area (Å²) in [5, 5.41) is 12.1. The molecular formula is C23H16Cl2N2O5S. The molecule has 0 aliphatic carbocycles. The van der Waals surface area contributed by atoms with Gasteiger partial charge in [-0.3, -0.25) is 14.5 Å². The van der Waals surface area contributed by atoms with E-state index in [0.717, 1.165) is 11.3 Å². The third-order valence-electron chi connectivity index (χ3n) is 5.11. The number of benzene rings is 2. The van der Waals surface area contributed by atoms with Crippen molar-refractivity contribution in [2.45, 2.75) is 13.0 Å². The third-order valence-corrected chi connectivity index (χ3v) is 6.75. The quantitative estimate of drug-likeness (QED) is 0.228. The molecular weight excluding hydrogens is 487 g/mol. The highest BCUT2D eigenvalue weighted by atomic mass is 35.5. The number of aryl methyl sites for hydroxylation is 1. The number of halogens is 2. The second-order valence-electron chi connectivity index (χ2n) is 7.13. The number of nitrogens with zero attached hydrogens (tertiary/aromatic N) is 2. The Morgan fingerprint density at radius 1 is 1.06 bits per heavy atom. The molecule has 1 unspecified atom stereocenters. The fourth-order valence-corrected chi connectivity index (χ4v) is 4.78. The molecule has 1 fully saturated rings. The van der Waals surface area contributed by atoms with Crippen LogP contribution in [0.3, 0.4) is 0 Å². The lowest BCUT2D eigenvalue weighted by Gasteiger charge is -2.23. The number of ether oxygens (including phenoxy) is 1. The molecule has 7 nitrogen and oxygen atoms in total. The molecule has 4 rings (SSSR count). The Labute approximate surface area is 202 Å². The highest BCUT2D eigenvalue weighted by molar-refractivity contribution is 7.17. The van der Waals surface area contributed by atoms with Crippen LogP contribution in [0.15, 0.2) is 54.1 Å². The number of hydrogen-bond acceptors (Lipinski definition) is 7. The molecule has 1 amide bonds. The van der Waals surface area contributed by atoms with Crippen molar-refractivity contribution in [2.24, 2.45) is 0 Å². The molecule has 1 N–H and O–H groups in total. The van der Waals surface area contributed by atoms with Gasteiger partial charge in [-0.2, -0.15) is 0 Å². The minimum absolute atomic E-state index is 0.114. The van der Waals surface area contributed by atoms with Crippen LogP contribution in [-0.4, -0.2) is 34.9 Å². The minimum Gasteiger partial charge on any atom is -0.507 e. The van der Waals surface area contributed by atoms with E-state index in [2.05, 4.69) is 4.98 Å². The highest BCUT2D eigenvalue weighted by Crippen LogP contribution is 2.44. The van der Waals surface area contributed by atoms with Crippen LogP contribution in [0.5, 0.6) is 0 Å². The van der Waals surface area contributed by atoms with Gasteiger partial charge in [-0.1, -0.05) is 46.7 Å². The number of esters is 1. The van der Waals surface area contributed by atoms with Gasteiger partial charge in [-0.05, 0) is 48.9 Å². The average molecular weight is 503 g/mol. The standard InChI is InChI=1S/C23H16Cl2N2O5S/c1-11-20(22(31)32-2)33-23(26-11)27-17(12-3-7-14(24)8-4-12)16(19(29)21(27)30)18(28)13-5-9-15(25)10-6-13/h3-10,17,28H,1-2H3/b18-16-. The van der Waals surface area contributed by atoms with Crippen LogP contribution in [0.2, 0.25) is 10.0 Å². The van der Waals surface area contributed by atoms with E-state index < -0.39 is 23.7 Å². The van der Waals surface area contributed by atoms with Crippen LogP contribution in [0.4, 0.5) is 5.13 Å². The molecule has 0 bridgehead atoms. The summed E-state index contributed by atoms with van der Waals surface area (Å²) in [4.78, 5) is 44.1. The monoisotopic (exact) mass is 502 g/mol. The maximum atomic E-state index is 13.2. The van der Waals surface area contributed by atoms with Gasteiger partial charge in [0, 0.05) is 15.6 Å². The number of amides is 1. The third kappa shape index (κ3) is 4.13. The molecule has 168 valence electrons. The summed E-state index contributed by atoms with van der Waals surface area (Å²) in [5.74, 6) is -2.71. The molecule has 2 aromatic carbocycles. The molecule has 0 radical (unpaired) electrons. The molecule has 1 saturated heterocycles. The van der Waals surface area contributed by atoms with Crippen LogP contribution in [0.1, 0.15) is 32.5 Å². The Bertz CT molecular complexity index is 1300. The zero-order valence-corrected chi connectivity index (χ0v) is 19.7. The number of aliphatic hydroxyl groups excluding tert-OH is 1. The largest absolute Gasteiger partial charge is 0.507 e. The lowest BCUT2D eigenvalue weighted by Crippen LogP contribution is -2.29. The van der Waals surface area contributed by atoms with E-state index in [9.17, 15) is 19.5 Å². The van der Waals surface area contributed by atoms with Crippen LogP contribution >= 0.6 is 34.5 Å². The Morgan fingerprint density at radius 3 is 2.21 bits per heavy atom. The number of rotatable bonds is 4. The maximum Gasteiger partial charge on any atom is 0.350 e. The van der Waals surface area contributed by atoms with Crippen LogP contribution in [-0.2, 0) is 14.3 Å². The summed E-state index contributed by atoms with van der Waals surface area (Å²) in [6.45, 7) is 1.61. The fourth-order valence-electron chi connectivity index (χ4n) is 3.52. The zero-order chi connectivity index (χ0) is 23.9. The number of aliphatic hydroxyl groups is 1. The van der Waals surface area contributed by atoms with Crippen LogP contribution < -0.4 is 4.90 Å². The Balaban J connectivity index is 1.93. The molecule has 0 saturated carbocycles. The van der Waals surface area contributed by atoms with Crippen LogP contribution in [0, 0.1) is 6.92 Å². The van der Waals surface area contributed by atoms with Crippen molar-refractivity contribution < 1.29 is 24.2 Å². The Morgan fingerprint density at radius 2 is 1.64 bits per heavy atom. The highest BCUT2D eigenvalue weighted by Gasteiger charge is 2.48. The van der Waals surface area contributed by atoms with Gasteiger partial charge in [-0.15, -0.1) is 0 Å². The molecule has 33 heavy (non-hydrogen) atoms. The average Bonchev–Trinajstić information content (AvgIpc) is 3.31. The predicted octanol–water partition coefficient (Wildman–Crippen LogP) is 5.17. The van der Waals surface area contributed by atoms with Crippen molar-refractivity contribution in [3.8, 4) is 0 Å². The summed E-state index contributed by atoms with van der Waals surface area (Å²) in [6, 6.07) is 11.8. The number of hydrogen-bond donors (Lipinski definition) is 1. The lowest BCUT2D eigenvalue weighted by atomic mass is 9.95. The van der Waals surface area contributed by atoms with Gasteiger partial charge in [0.25, 0.3) is 5.78 Å². The molecule has 0 spiro atoms. The van der Waals surface area contributed by atoms with E-state index in [0.29, 0.717) is 26.9 Å². The molecule has 1 aliphatic heterocycles. The van der Waals surface area contributed by atoms with Crippen molar-refractivity contribution in [3.63, 3.8) is 0 Å². The molecule has 1 atom stereocenters. The number of methoxy groups -OCH3 is 1. The van der Waals surface area contributed by atoms with Gasteiger partial charge >= 0.3 is 11.9 Å². The number of thiazole rings is 1. The van der Waals surface area contributed by atoms with E-state index in [1.165, 1.54) is 12.0 Å². The number of aromatic nitrogens is 1.